The highest BCUT2D eigenvalue weighted by molar-refractivity contribution is 7.91. The standard InChI is InChI=1S/C12H22N2O5S2/c1-14(11-4-7-21(18,19)9-11)5-2-12(15)13-10-3-6-20(16,17)8-10/h10-11H,2-9H2,1H3,(H,13,15). The van der Waals surface area contributed by atoms with Crippen LogP contribution in [0.2, 0.25) is 0 Å². The lowest BCUT2D eigenvalue weighted by atomic mass is 10.2. The second-order valence-electron chi connectivity index (χ2n) is 5.95. The molecule has 2 aliphatic rings. The lowest BCUT2D eigenvalue weighted by Crippen LogP contribution is -2.39. The minimum Gasteiger partial charge on any atom is -0.352 e. The largest absolute Gasteiger partial charge is 0.352 e. The van der Waals surface area contributed by atoms with Crippen molar-refractivity contribution in [3.05, 3.63) is 0 Å². The fourth-order valence-corrected chi connectivity index (χ4v) is 6.27. The summed E-state index contributed by atoms with van der Waals surface area (Å²) in [6.07, 6.45) is 1.34. The highest BCUT2D eigenvalue weighted by Gasteiger charge is 2.31. The first kappa shape index (κ1) is 16.7. The number of rotatable bonds is 5. The molecular formula is C12H22N2O5S2. The topological polar surface area (TPSA) is 101 Å². The predicted octanol–water partition coefficient (Wildman–Crippen LogP) is -1.20. The Hall–Kier alpha value is -0.670. The van der Waals surface area contributed by atoms with Crippen LogP contribution in [0.15, 0.2) is 0 Å². The van der Waals surface area contributed by atoms with Gasteiger partial charge in [-0.2, -0.15) is 0 Å². The number of sulfone groups is 2. The Kier molecular flexibility index (Phi) is 4.94. The monoisotopic (exact) mass is 338 g/mol. The van der Waals surface area contributed by atoms with Gasteiger partial charge in [0.2, 0.25) is 5.91 Å². The summed E-state index contributed by atoms with van der Waals surface area (Å²) in [5.41, 5.74) is 0. The Bertz CT molecular complexity index is 599. The molecule has 21 heavy (non-hydrogen) atoms. The summed E-state index contributed by atoms with van der Waals surface area (Å²) >= 11 is 0. The average Bonchev–Trinajstić information content (AvgIpc) is 2.89. The molecule has 0 aromatic heterocycles. The number of nitrogens with one attached hydrogen (secondary N) is 1. The molecule has 2 fully saturated rings. The molecule has 2 aliphatic heterocycles. The Morgan fingerprint density at radius 2 is 1.71 bits per heavy atom. The van der Waals surface area contributed by atoms with Crippen LogP contribution in [0.1, 0.15) is 19.3 Å². The van der Waals surface area contributed by atoms with Crippen LogP contribution in [0, 0.1) is 0 Å². The van der Waals surface area contributed by atoms with Crippen LogP contribution in [-0.4, -0.2) is 76.3 Å². The normalized spacial score (nSPS) is 30.6. The van der Waals surface area contributed by atoms with Gasteiger partial charge in [-0.05, 0) is 19.9 Å². The van der Waals surface area contributed by atoms with E-state index in [9.17, 15) is 21.6 Å². The van der Waals surface area contributed by atoms with Gasteiger partial charge >= 0.3 is 0 Å². The van der Waals surface area contributed by atoms with E-state index in [-0.39, 0.29) is 47.4 Å². The van der Waals surface area contributed by atoms with Gasteiger partial charge < -0.3 is 10.2 Å². The van der Waals surface area contributed by atoms with Gasteiger partial charge in [-0.15, -0.1) is 0 Å². The fraction of sp³-hybridized carbons (Fsp3) is 0.917. The zero-order chi connectivity index (χ0) is 15.7. The molecule has 0 spiro atoms. The van der Waals surface area contributed by atoms with Gasteiger partial charge in [-0.1, -0.05) is 0 Å². The van der Waals surface area contributed by atoms with Crippen LogP contribution in [0.4, 0.5) is 0 Å². The smallest absolute Gasteiger partial charge is 0.221 e. The number of nitrogens with zero attached hydrogens (tertiary/aromatic N) is 1. The summed E-state index contributed by atoms with van der Waals surface area (Å²) in [5, 5.41) is 2.73. The molecule has 7 nitrogen and oxygen atoms in total. The van der Waals surface area contributed by atoms with Crippen LogP contribution < -0.4 is 5.32 Å². The molecule has 0 saturated carbocycles. The number of amides is 1. The number of carbonyl (C=O) groups is 1. The summed E-state index contributed by atoms with van der Waals surface area (Å²) in [5.74, 6) is 0.359. The Labute approximate surface area is 125 Å². The summed E-state index contributed by atoms with van der Waals surface area (Å²) in [6, 6.07) is -0.297. The van der Waals surface area contributed by atoms with Crippen LogP contribution in [0.25, 0.3) is 0 Å². The first-order chi connectivity index (χ1) is 9.67. The van der Waals surface area contributed by atoms with Gasteiger partial charge in [0.25, 0.3) is 0 Å². The van der Waals surface area contributed by atoms with Crippen LogP contribution in [0.5, 0.6) is 0 Å². The van der Waals surface area contributed by atoms with Crippen molar-refractivity contribution in [2.75, 3.05) is 36.6 Å². The van der Waals surface area contributed by atoms with Crippen molar-refractivity contribution in [2.24, 2.45) is 0 Å². The summed E-state index contributed by atoms with van der Waals surface area (Å²) in [6.45, 7) is 0.478. The molecule has 2 heterocycles. The van der Waals surface area contributed by atoms with Gasteiger partial charge in [-0.3, -0.25) is 4.79 Å². The molecule has 122 valence electrons. The number of carbonyl (C=O) groups excluding carboxylic acids is 1. The van der Waals surface area contributed by atoms with E-state index < -0.39 is 19.7 Å². The summed E-state index contributed by atoms with van der Waals surface area (Å²) < 4.78 is 45.4. The van der Waals surface area contributed by atoms with Crippen molar-refractivity contribution < 1.29 is 21.6 Å². The molecule has 2 unspecified atom stereocenters. The Morgan fingerprint density at radius 3 is 2.24 bits per heavy atom. The predicted molar refractivity (Wildman–Crippen MR) is 79.5 cm³/mol. The Morgan fingerprint density at radius 1 is 1.10 bits per heavy atom. The molecule has 0 aromatic rings. The van der Waals surface area contributed by atoms with Crippen molar-refractivity contribution in [1.82, 2.24) is 10.2 Å². The maximum Gasteiger partial charge on any atom is 0.221 e. The van der Waals surface area contributed by atoms with E-state index in [2.05, 4.69) is 5.32 Å². The number of hydrogen-bond donors (Lipinski definition) is 1. The fourth-order valence-electron chi connectivity index (χ4n) is 2.79. The third-order valence-electron chi connectivity index (χ3n) is 4.12. The van der Waals surface area contributed by atoms with E-state index >= 15 is 0 Å². The zero-order valence-electron chi connectivity index (χ0n) is 12.1. The average molecular weight is 338 g/mol. The van der Waals surface area contributed by atoms with Gasteiger partial charge in [-0.25, -0.2) is 16.8 Å². The Balaban J connectivity index is 1.72. The minimum atomic E-state index is -2.99. The second kappa shape index (κ2) is 6.21. The zero-order valence-corrected chi connectivity index (χ0v) is 13.7. The molecule has 2 atom stereocenters. The molecular weight excluding hydrogens is 316 g/mol. The SMILES string of the molecule is CN(CCC(=O)NC1CCS(=O)(=O)C1)C1CCS(=O)(=O)C1. The maximum atomic E-state index is 11.8. The van der Waals surface area contributed by atoms with Crippen molar-refractivity contribution >= 4 is 25.6 Å². The lowest BCUT2D eigenvalue weighted by molar-refractivity contribution is -0.122. The minimum absolute atomic E-state index is 0.0188. The van der Waals surface area contributed by atoms with Gasteiger partial charge in [0.1, 0.15) is 0 Å². The van der Waals surface area contributed by atoms with Crippen molar-refractivity contribution in [1.29, 1.82) is 0 Å². The molecule has 2 rings (SSSR count). The van der Waals surface area contributed by atoms with Crippen molar-refractivity contribution in [2.45, 2.75) is 31.3 Å². The third-order valence-corrected chi connectivity index (χ3v) is 7.64. The number of hydrogen-bond acceptors (Lipinski definition) is 6. The molecule has 0 bridgehead atoms. The lowest BCUT2D eigenvalue weighted by Gasteiger charge is -2.23. The molecule has 9 heteroatoms. The molecule has 0 radical (unpaired) electrons. The first-order valence-corrected chi connectivity index (χ1v) is 10.7. The maximum absolute atomic E-state index is 11.8. The van der Waals surface area contributed by atoms with E-state index in [4.69, 9.17) is 0 Å². The third kappa shape index (κ3) is 4.93. The summed E-state index contributed by atoms with van der Waals surface area (Å²) in [7, 11) is -4.09. The molecule has 1 amide bonds. The van der Waals surface area contributed by atoms with Gasteiger partial charge in [0, 0.05) is 25.0 Å². The van der Waals surface area contributed by atoms with E-state index in [0.29, 0.717) is 19.4 Å². The van der Waals surface area contributed by atoms with E-state index in [1.807, 2.05) is 11.9 Å². The van der Waals surface area contributed by atoms with Gasteiger partial charge in [0.15, 0.2) is 19.7 Å². The van der Waals surface area contributed by atoms with Crippen LogP contribution in [0.3, 0.4) is 0 Å². The highest BCUT2D eigenvalue weighted by atomic mass is 32.2. The molecule has 0 aromatic carbocycles. The van der Waals surface area contributed by atoms with Gasteiger partial charge in [0.05, 0.1) is 23.0 Å². The van der Waals surface area contributed by atoms with E-state index in [1.165, 1.54) is 0 Å². The van der Waals surface area contributed by atoms with Crippen molar-refractivity contribution in [3.8, 4) is 0 Å². The van der Waals surface area contributed by atoms with Crippen molar-refractivity contribution in [3.63, 3.8) is 0 Å². The molecule has 0 aliphatic carbocycles. The first-order valence-electron chi connectivity index (χ1n) is 7.07. The highest BCUT2D eigenvalue weighted by Crippen LogP contribution is 2.16. The van der Waals surface area contributed by atoms with Crippen LogP contribution in [-0.2, 0) is 24.5 Å². The van der Waals surface area contributed by atoms with E-state index in [0.717, 1.165) is 0 Å². The van der Waals surface area contributed by atoms with E-state index in [1.54, 1.807) is 0 Å². The molecule has 2 saturated heterocycles. The summed E-state index contributed by atoms with van der Waals surface area (Å²) in [4.78, 5) is 13.7. The molecule has 1 N–H and O–H groups in total. The quantitative estimate of drug-likeness (QED) is 0.676. The second-order valence-corrected chi connectivity index (χ2v) is 10.4. The van der Waals surface area contributed by atoms with Crippen LogP contribution >= 0.6 is 0 Å².